The van der Waals surface area contributed by atoms with Crippen LogP contribution in [0.4, 0.5) is 18.3 Å². The number of rotatable bonds is 3. The maximum Gasteiger partial charge on any atom is 0.416 e. The minimum atomic E-state index is -4.50. The lowest BCUT2D eigenvalue weighted by Gasteiger charge is -2.26. The van der Waals surface area contributed by atoms with Crippen molar-refractivity contribution in [2.75, 3.05) is 11.9 Å². The fraction of sp³-hybridized carbons (Fsp3) is 0.211. The third-order valence-corrected chi connectivity index (χ3v) is 6.14. The fourth-order valence-electron chi connectivity index (χ4n) is 3.00. The van der Waals surface area contributed by atoms with E-state index in [0.717, 1.165) is 22.7 Å². The molecule has 2 aromatic heterocycles. The van der Waals surface area contributed by atoms with Crippen molar-refractivity contribution in [1.82, 2.24) is 9.88 Å². The molecule has 0 bridgehead atoms. The number of nitrogens with one attached hydrogen (secondary N) is 1. The molecule has 0 spiro atoms. The molecule has 0 radical (unpaired) electrons. The minimum absolute atomic E-state index is 0.00113. The highest BCUT2D eigenvalue weighted by Gasteiger charge is 2.32. The van der Waals surface area contributed by atoms with Crippen LogP contribution >= 0.6 is 22.7 Å². The molecule has 1 aromatic carbocycles. The molecule has 10 heteroatoms. The number of amides is 2. The molecule has 0 atom stereocenters. The molecule has 150 valence electrons. The van der Waals surface area contributed by atoms with Crippen LogP contribution < -0.4 is 5.32 Å². The summed E-state index contributed by atoms with van der Waals surface area (Å²) in [4.78, 5) is 31.6. The normalized spacial score (nSPS) is 13.8. The summed E-state index contributed by atoms with van der Waals surface area (Å²) < 4.78 is 38.7. The van der Waals surface area contributed by atoms with Crippen molar-refractivity contribution < 1.29 is 22.8 Å². The van der Waals surface area contributed by atoms with Gasteiger partial charge in [0.25, 0.3) is 11.8 Å². The van der Waals surface area contributed by atoms with Crippen LogP contribution in [0.25, 0.3) is 0 Å². The highest BCUT2D eigenvalue weighted by atomic mass is 32.1. The number of nitrogens with zero attached hydrogens (tertiary/aromatic N) is 2. The van der Waals surface area contributed by atoms with Gasteiger partial charge < -0.3 is 4.90 Å². The smallest absolute Gasteiger partial charge is 0.333 e. The summed E-state index contributed by atoms with van der Waals surface area (Å²) in [6, 6.07) is 6.14. The summed E-state index contributed by atoms with van der Waals surface area (Å²) in [6.07, 6.45) is -4.02. The van der Waals surface area contributed by atoms with Gasteiger partial charge in [-0.15, -0.1) is 0 Å². The number of aromatic nitrogens is 1. The van der Waals surface area contributed by atoms with E-state index in [1.54, 1.807) is 16.8 Å². The molecule has 3 heterocycles. The molecule has 1 N–H and O–H groups in total. The SMILES string of the molecule is O=C(Nc1nc2c(s1)CN(C(=O)c1cccc(C(F)(F)F)c1)CC2)c1ccsc1. The van der Waals surface area contributed by atoms with Gasteiger partial charge in [0, 0.05) is 28.8 Å². The lowest BCUT2D eigenvalue weighted by molar-refractivity contribution is -0.137. The topological polar surface area (TPSA) is 62.3 Å². The van der Waals surface area contributed by atoms with Crippen LogP contribution in [0.5, 0.6) is 0 Å². The Hall–Kier alpha value is -2.72. The molecule has 0 unspecified atom stereocenters. The van der Waals surface area contributed by atoms with Gasteiger partial charge >= 0.3 is 6.18 Å². The molecule has 3 aromatic rings. The molecule has 0 aliphatic carbocycles. The standard InChI is InChI=1S/C19H14F3N3O2S2/c20-19(21,22)13-3-1-2-11(8-13)17(27)25-6-4-14-15(9-25)29-18(23-14)24-16(26)12-5-7-28-10-12/h1-3,5,7-8,10H,4,6,9H2,(H,23,24,26). The number of thiophene rings is 1. The summed E-state index contributed by atoms with van der Waals surface area (Å²) in [5.74, 6) is -0.715. The number of halogens is 3. The van der Waals surface area contributed by atoms with E-state index < -0.39 is 17.6 Å². The Balaban J connectivity index is 1.48. The molecule has 0 saturated carbocycles. The first kappa shape index (κ1) is 19.6. The third-order valence-electron chi connectivity index (χ3n) is 4.46. The van der Waals surface area contributed by atoms with Crippen LogP contribution in [0.2, 0.25) is 0 Å². The van der Waals surface area contributed by atoms with E-state index in [1.165, 1.54) is 39.7 Å². The van der Waals surface area contributed by atoms with Gasteiger partial charge in [-0.2, -0.15) is 24.5 Å². The Morgan fingerprint density at radius 1 is 1.17 bits per heavy atom. The van der Waals surface area contributed by atoms with Crippen molar-refractivity contribution in [3.63, 3.8) is 0 Å². The minimum Gasteiger partial charge on any atom is -0.333 e. The Morgan fingerprint density at radius 2 is 2.00 bits per heavy atom. The van der Waals surface area contributed by atoms with Crippen LogP contribution in [-0.4, -0.2) is 28.2 Å². The lowest BCUT2D eigenvalue weighted by Crippen LogP contribution is -2.35. The summed E-state index contributed by atoms with van der Waals surface area (Å²) in [5, 5.41) is 6.73. The molecular weight excluding hydrogens is 423 g/mol. The summed E-state index contributed by atoms with van der Waals surface area (Å²) in [5.41, 5.74) is 0.490. The summed E-state index contributed by atoms with van der Waals surface area (Å²) in [7, 11) is 0. The first-order chi connectivity index (χ1) is 13.8. The largest absolute Gasteiger partial charge is 0.416 e. The van der Waals surface area contributed by atoms with Crippen molar-refractivity contribution >= 4 is 39.6 Å². The van der Waals surface area contributed by atoms with Gasteiger partial charge in [-0.05, 0) is 29.6 Å². The van der Waals surface area contributed by atoms with Crippen LogP contribution in [0.15, 0.2) is 41.1 Å². The van der Waals surface area contributed by atoms with Crippen molar-refractivity contribution in [2.45, 2.75) is 19.1 Å². The number of hydrogen-bond donors (Lipinski definition) is 1. The van der Waals surface area contributed by atoms with E-state index in [9.17, 15) is 22.8 Å². The average Bonchev–Trinajstić information content (AvgIpc) is 3.35. The van der Waals surface area contributed by atoms with Gasteiger partial charge in [-0.3, -0.25) is 14.9 Å². The number of alkyl halides is 3. The second-order valence-corrected chi connectivity index (χ2v) is 8.27. The monoisotopic (exact) mass is 437 g/mol. The zero-order chi connectivity index (χ0) is 20.6. The number of carbonyl (C=O) groups excluding carboxylic acids is 2. The number of hydrogen-bond acceptors (Lipinski definition) is 5. The number of benzene rings is 1. The molecule has 4 rings (SSSR count). The molecule has 29 heavy (non-hydrogen) atoms. The molecular formula is C19H14F3N3O2S2. The van der Waals surface area contributed by atoms with Gasteiger partial charge in [-0.1, -0.05) is 17.4 Å². The molecule has 2 amide bonds. The lowest BCUT2D eigenvalue weighted by atomic mass is 10.1. The van der Waals surface area contributed by atoms with E-state index in [0.29, 0.717) is 23.7 Å². The molecule has 0 saturated heterocycles. The second kappa shape index (κ2) is 7.60. The van der Waals surface area contributed by atoms with Gasteiger partial charge in [0.2, 0.25) is 0 Å². The Morgan fingerprint density at radius 3 is 2.72 bits per heavy atom. The van der Waals surface area contributed by atoms with Crippen molar-refractivity contribution in [2.24, 2.45) is 0 Å². The van der Waals surface area contributed by atoms with E-state index >= 15 is 0 Å². The fourth-order valence-corrected chi connectivity index (χ4v) is 4.65. The maximum absolute atomic E-state index is 12.9. The van der Waals surface area contributed by atoms with E-state index in [2.05, 4.69) is 10.3 Å². The van der Waals surface area contributed by atoms with Gasteiger partial charge in [-0.25, -0.2) is 4.98 Å². The highest BCUT2D eigenvalue weighted by molar-refractivity contribution is 7.16. The van der Waals surface area contributed by atoms with Crippen molar-refractivity contribution in [1.29, 1.82) is 0 Å². The highest BCUT2D eigenvalue weighted by Crippen LogP contribution is 2.32. The number of anilines is 1. The molecule has 0 fully saturated rings. The second-order valence-electron chi connectivity index (χ2n) is 6.41. The number of fused-ring (bicyclic) bond motifs is 1. The first-order valence-corrected chi connectivity index (χ1v) is 10.4. The van der Waals surface area contributed by atoms with Crippen LogP contribution in [0.3, 0.4) is 0 Å². The average molecular weight is 437 g/mol. The zero-order valence-corrected chi connectivity index (χ0v) is 16.5. The third kappa shape index (κ3) is 4.18. The Bertz CT molecular complexity index is 1060. The van der Waals surface area contributed by atoms with Crippen LogP contribution in [-0.2, 0) is 19.1 Å². The first-order valence-electron chi connectivity index (χ1n) is 8.60. The molecule has 1 aliphatic rings. The van der Waals surface area contributed by atoms with E-state index in [-0.39, 0.29) is 18.0 Å². The number of carbonyl (C=O) groups is 2. The zero-order valence-electron chi connectivity index (χ0n) is 14.8. The van der Waals surface area contributed by atoms with E-state index in [4.69, 9.17) is 0 Å². The van der Waals surface area contributed by atoms with Gasteiger partial charge in [0.15, 0.2) is 5.13 Å². The van der Waals surface area contributed by atoms with Gasteiger partial charge in [0.1, 0.15) is 0 Å². The van der Waals surface area contributed by atoms with Crippen LogP contribution in [0, 0.1) is 0 Å². The quantitative estimate of drug-likeness (QED) is 0.648. The number of thiazole rings is 1. The molecule has 5 nitrogen and oxygen atoms in total. The predicted molar refractivity (Wildman–Crippen MR) is 104 cm³/mol. The predicted octanol–water partition coefficient (Wildman–Crippen LogP) is 4.67. The van der Waals surface area contributed by atoms with Gasteiger partial charge in [0.05, 0.1) is 23.4 Å². The van der Waals surface area contributed by atoms with Crippen LogP contribution in [0.1, 0.15) is 36.9 Å². The summed E-state index contributed by atoms with van der Waals surface area (Å²) >= 11 is 2.69. The Kier molecular flexibility index (Phi) is 5.13. The summed E-state index contributed by atoms with van der Waals surface area (Å²) in [6.45, 7) is 0.597. The van der Waals surface area contributed by atoms with Crippen molar-refractivity contribution in [3.8, 4) is 0 Å². The van der Waals surface area contributed by atoms with E-state index in [1.807, 2.05) is 0 Å². The van der Waals surface area contributed by atoms with Crippen molar-refractivity contribution in [3.05, 3.63) is 68.4 Å². The maximum atomic E-state index is 12.9. The molecule has 1 aliphatic heterocycles. The Labute approximate surface area is 171 Å².